The summed E-state index contributed by atoms with van der Waals surface area (Å²) in [5, 5.41) is 2.74. The van der Waals surface area contributed by atoms with Gasteiger partial charge in [-0.1, -0.05) is 33.8 Å². The normalized spacial score (nSPS) is 17.1. The molecule has 0 aromatic heterocycles. The second kappa shape index (κ2) is 11.0. The minimum atomic E-state index is -0.601. The van der Waals surface area contributed by atoms with Gasteiger partial charge in [0.25, 0.3) is 0 Å². The molecule has 174 valence electrons. The first kappa shape index (κ1) is 25.2. The Labute approximate surface area is 187 Å². The third-order valence-corrected chi connectivity index (χ3v) is 6.28. The number of primary amides is 1. The number of rotatable bonds is 13. The summed E-state index contributed by atoms with van der Waals surface area (Å²) in [6.07, 6.45) is 6.21. The van der Waals surface area contributed by atoms with Crippen molar-refractivity contribution < 1.29 is 14.3 Å². The van der Waals surface area contributed by atoms with E-state index >= 15 is 0 Å². The molecule has 6 heteroatoms. The summed E-state index contributed by atoms with van der Waals surface area (Å²) in [6, 6.07) is 5.89. The van der Waals surface area contributed by atoms with Crippen molar-refractivity contribution in [3.8, 4) is 5.75 Å². The molecule has 1 aliphatic rings. The lowest BCUT2D eigenvalue weighted by molar-refractivity contribution is -0.127. The topological polar surface area (TPSA) is 107 Å². The van der Waals surface area contributed by atoms with E-state index in [4.69, 9.17) is 16.2 Å². The molecule has 0 saturated carbocycles. The van der Waals surface area contributed by atoms with Crippen LogP contribution in [0.4, 0.5) is 0 Å². The third-order valence-electron chi connectivity index (χ3n) is 6.28. The molecular formula is C25H41N3O3. The van der Waals surface area contributed by atoms with Crippen LogP contribution in [0.2, 0.25) is 0 Å². The van der Waals surface area contributed by atoms with Gasteiger partial charge in [-0.05, 0) is 85.6 Å². The van der Waals surface area contributed by atoms with Crippen molar-refractivity contribution >= 4 is 11.8 Å². The molecule has 31 heavy (non-hydrogen) atoms. The van der Waals surface area contributed by atoms with Gasteiger partial charge in [0.1, 0.15) is 11.8 Å². The third kappa shape index (κ3) is 7.23. The highest BCUT2D eigenvalue weighted by molar-refractivity contribution is 5.86. The van der Waals surface area contributed by atoms with Crippen molar-refractivity contribution in [1.82, 2.24) is 5.32 Å². The van der Waals surface area contributed by atoms with Crippen LogP contribution in [0.25, 0.3) is 0 Å². The minimum Gasteiger partial charge on any atom is -0.494 e. The number of carbonyl (C=O) groups is 2. The van der Waals surface area contributed by atoms with Gasteiger partial charge < -0.3 is 21.5 Å². The molecule has 2 amide bonds. The van der Waals surface area contributed by atoms with E-state index in [1.807, 2.05) is 0 Å². The van der Waals surface area contributed by atoms with Crippen LogP contribution in [0.3, 0.4) is 0 Å². The zero-order valence-corrected chi connectivity index (χ0v) is 19.8. The Hall–Kier alpha value is -2.08. The fraction of sp³-hybridized carbons (Fsp3) is 0.680. The van der Waals surface area contributed by atoms with E-state index < -0.39 is 11.9 Å². The molecule has 2 rings (SSSR count). The highest BCUT2D eigenvalue weighted by Crippen LogP contribution is 2.50. The summed E-state index contributed by atoms with van der Waals surface area (Å²) in [6.45, 7) is 10.4. The lowest BCUT2D eigenvalue weighted by Gasteiger charge is -2.22. The van der Waals surface area contributed by atoms with Crippen LogP contribution in [-0.2, 0) is 20.4 Å². The maximum Gasteiger partial charge on any atom is 0.239 e. The number of benzene rings is 1. The first-order valence-electron chi connectivity index (χ1n) is 11.6. The van der Waals surface area contributed by atoms with Crippen LogP contribution in [0, 0.1) is 0 Å². The van der Waals surface area contributed by atoms with E-state index in [2.05, 4.69) is 51.2 Å². The number of hydrogen-bond donors (Lipinski definition) is 3. The van der Waals surface area contributed by atoms with Gasteiger partial charge in [0.15, 0.2) is 0 Å². The van der Waals surface area contributed by atoms with Crippen LogP contribution >= 0.6 is 0 Å². The molecule has 1 atom stereocenters. The average Bonchev–Trinajstić information content (AvgIpc) is 2.87. The molecule has 0 radical (unpaired) electrons. The predicted molar refractivity (Wildman–Crippen MR) is 125 cm³/mol. The Morgan fingerprint density at radius 1 is 1.03 bits per heavy atom. The molecule has 1 unspecified atom stereocenters. The maximum atomic E-state index is 12.1. The Balaban J connectivity index is 1.69. The number of ether oxygens (including phenoxy) is 1. The van der Waals surface area contributed by atoms with E-state index in [0.29, 0.717) is 26.0 Å². The molecule has 0 heterocycles. The Bertz CT molecular complexity index is 758. The van der Waals surface area contributed by atoms with E-state index in [9.17, 15) is 9.59 Å². The highest BCUT2D eigenvalue weighted by Gasteiger charge is 2.41. The molecule has 0 aliphatic heterocycles. The summed E-state index contributed by atoms with van der Waals surface area (Å²) < 4.78 is 5.98. The lowest BCUT2D eigenvalue weighted by atomic mass is 9.82. The molecule has 6 nitrogen and oxygen atoms in total. The fourth-order valence-corrected chi connectivity index (χ4v) is 4.86. The molecule has 1 aromatic rings. The van der Waals surface area contributed by atoms with E-state index in [0.717, 1.165) is 44.3 Å². The van der Waals surface area contributed by atoms with E-state index in [1.54, 1.807) is 0 Å². The summed E-state index contributed by atoms with van der Waals surface area (Å²) in [4.78, 5) is 23.6. The van der Waals surface area contributed by atoms with Gasteiger partial charge in [-0.2, -0.15) is 0 Å². The average molecular weight is 432 g/mol. The zero-order chi connectivity index (χ0) is 23.1. The van der Waals surface area contributed by atoms with Crippen LogP contribution < -0.4 is 21.5 Å². The molecule has 1 aliphatic carbocycles. The minimum absolute atomic E-state index is 0.124. The lowest BCUT2D eigenvalue weighted by Crippen LogP contribution is -2.44. The van der Waals surface area contributed by atoms with E-state index in [1.165, 1.54) is 11.1 Å². The number of amides is 2. The monoisotopic (exact) mass is 431 g/mol. The highest BCUT2D eigenvalue weighted by atomic mass is 16.5. The Kier molecular flexibility index (Phi) is 8.92. The smallest absolute Gasteiger partial charge is 0.239 e. The number of nitrogens with one attached hydrogen (secondary N) is 1. The summed E-state index contributed by atoms with van der Waals surface area (Å²) >= 11 is 0. The Morgan fingerprint density at radius 2 is 1.74 bits per heavy atom. The number of hydrogen-bond acceptors (Lipinski definition) is 4. The molecule has 5 N–H and O–H groups in total. The van der Waals surface area contributed by atoms with Crippen LogP contribution in [0.5, 0.6) is 5.75 Å². The summed E-state index contributed by atoms with van der Waals surface area (Å²) in [7, 11) is 0. The van der Waals surface area contributed by atoms with Gasteiger partial charge in [0.2, 0.25) is 11.8 Å². The van der Waals surface area contributed by atoms with Gasteiger partial charge in [-0.15, -0.1) is 0 Å². The van der Waals surface area contributed by atoms with Crippen LogP contribution in [0.1, 0.15) is 90.2 Å². The SMILES string of the molecule is CC1(C)CC(C)(C)c2cc(OCCCCCC(=O)NC(CCCCN)C(N)=O)ccc21. The van der Waals surface area contributed by atoms with Gasteiger partial charge in [0.05, 0.1) is 6.61 Å². The largest absolute Gasteiger partial charge is 0.494 e. The second-order valence-corrected chi connectivity index (χ2v) is 10.1. The summed E-state index contributed by atoms with van der Waals surface area (Å²) in [5.41, 5.74) is 14.0. The second-order valence-electron chi connectivity index (χ2n) is 10.1. The first-order valence-corrected chi connectivity index (χ1v) is 11.6. The standard InChI is InChI=1S/C25H41N3O3/c1-24(2)17-25(3,4)20-16-18(12-13-19(20)24)31-15-9-5-6-11-22(29)28-21(23(27)30)10-7-8-14-26/h12-13,16,21H,5-11,14-15,17,26H2,1-4H3,(H2,27,30)(H,28,29). The van der Waals surface area contributed by atoms with Crippen molar-refractivity contribution in [3.05, 3.63) is 29.3 Å². The van der Waals surface area contributed by atoms with Crippen LogP contribution in [-0.4, -0.2) is 31.0 Å². The van der Waals surface area contributed by atoms with Crippen molar-refractivity contribution in [1.29, 1.82) is 0 Å². The van der Waals surface area contributed by atoms with Gasteiger partial charge >= 0.3 is 0 Å². The predicted octanol–water partition coefficient (Wildman–Crippen LogP) is 3.68. The van der Waals surface area contributed by atoms with Crippen molar-refractivity contribution in [2.24, 2.45) is 11.5 Å². The molecule has 0 fully saturated rings. The quantitative estimate of drug-likeness (QED) is 0.414. The Morgan fingerprint density at radius 3 is 2.42 bits per heavy atom. The maximum absolute atomic E-state index is 12.1. The molecule has 0 saturated heterocycles. The fourth-order valence-electron chi connectivity index (χ4n) is 4.86. The van der Waals surface area contributed by atoms with Crippen molar-refractivity contribution in [2.75, 3.05) is 13.2 Å². The molecule has 0 spiro atoms. The van der Waals surface area contributed by atoms with E-state index in [-0.39, 0.29) is 16.7 Å². The number of carbonyl (C=O) groups excluding carboxylic acids is 2. The van der Waals surface area contributed by atoms with Crippen LogP contribution in [0.15, 0.2) is 18.2 Å². The molecule has 0 bridgehead atoms. The number of nitrogens with two attached hydrogens (primary N) is 2. The van der Waals surface area contributed by atoms with Gasteiger partial charge in [0, 0.05) is 6.42 Å². The van der Waals surface area contributed by atoms with Gasteiger partial charge in [-0.3, -0.25) is 9.59 Å². The van der Waals surface area contributed by atoms with Crippen molar-refractivity contribution in [3.63, 3.8) is 0 Å². The van der Waals surface area contributed by atoms with Gasteiger partial charge in [-0.25, -0.2) is 0 Å². The molecule has 1 aromatic carbocycles. The number of unbranched alkanes of at least 4 members (excludes halogenated alkanes) is 3. The number of fused-ring (bicyclic) bond motifs is 1. The zero-order valence-electron chi connectivity index (χ0n) is 19.8. The molecular weight excluding hydrogens is 390 g/mol. The van der Waals surface area contributed by atoms with Crippen molar-refractivity contribution in [2.45, 2.75) is 95.9 Å². The summed E-state index contributed by atoms with van der Waals surface area (Å²) in [5.74, 6) is 0.310. The first-order chi connectivity index (χ1) is 14.6.